The van der Waals surface area contributed by atoms with Gasteiger partial charge in [0, 0.05) is 23.2 Å². The van der Waals surface area contributed by atoms with Crippen LogP contribution < -0.4 is 5.32 Å². The van der Waals surface area contributed by atoms with E-state index in [1.54, 1.807) is 0 Å². The summed E-state index contributed by atoms with van der Waals surface area (Å²) >= 11 is 1.37. The van der Waals surface area contributed by atoms with Crippen molar-refractivity contribution < 1.29 is 9.59 Å². The van der Waals surface area contributed by atoms with Crippen LogP contribution in [0.15, 0.2) is 97.1 Å². The summed E-state index contributed by atoms with van der Waals surface area (Å²) in [6.45, 7) is 6.32. The van der Waals surface area contributed by atoms with Gasteiger partial charge in [-0.05, 0) is 56.0 Å². The molecule has 3 atom stereocenters. The van der Waals surface area contributed by atoms with Gasteiger partial charge in [0.05, 0.1) is 5.25 Å². The molecule has 5 heteroatoms. The van der Waals surface area contributed by atoms with Crippen molar-refractivity contribution in [3.8, 4) is 0 Å². The van der Waals surface area contributed by atoms with Gasteiger partial charge in [-0.15, -0.1) is 0 Å². The van der Waals surface area contributed by atoms with Crippen molar-refractivity contribution in [2.75, 3.05) is 13.1 Å². The van der Waals surface area contributed by atoms with E-state index in [1.807, 2.05) is 78.9 Å². The number of likely N-dealkylation sites (tertiary alicyclic amines) is 1. The number of hydrogen-bond acceptors (Lipinski definition) is 4. The molecule has 1 aliphatic heterocycles. The van der Waals surface area contributed by atoms with Crippen LogP contribution in [0.5, 0.6) is 0 Å². The fourth-order valence-electron chi connectivity index (χ4n) is 5.03. The summed E-state index contributed by atoms with van der Waals surface area (Å²) in [5.41, 5.74) is 2.45. The van der Waals surface area contributed by atoms with Gasteiger partial charge in [0.2, 0.25) is 5.12 Å². The minimum absolute atomic E-state index is 0.00445. The molecule has 38 heavy (non-hydrogen) atoms. The van der Waals surface area contributed by atoms with E-state index in [4.69, 9.17) is 0 Å². The third-order valence-corrected chi connectivity index (χ3v) is 8.24. The molecule has 1 saturated heterocycles. The highest BCUT2D eigenvalue weighted by Gasteiger charge is 2.37. The highest BCUT2D eigenvalue weighted by atomic mass is 32.2. The second-order valence-corrected chi connectivity index (χ2v) is 11.5. The van der Waals surface area contributed by atoms with E-state index in [9.17, 15) is 9.59 Å². The standard InChI is InChI=1S/C33H38N2O2S/c1-25(2)24-29(34-32(36)27-16-8-4-9-17-27)31(38-33(37)28-18-10-5-11-19-28)30(35-22-12-13-23-35)21-20-26-14-6-3-7-15-26/h3-11,14-21,25,29-31H,12-13,22-24H2,1-2H3,(H,34,36)/b21-20+/t29-,30+,31+/m0/s1. The summed E-state index contributed by atoms with van der Waals surface area (Å²) in [6.07, 6.45) is 7.48. The van der Waals surface area contributed by atoms with Crippen LogP contribution in [0.3, 0.4) is 0 Å². The average Bonchev–Trinajstić information content (AvgIpc) is 3.48. The molecule has 1 heterocycles. The third kappa shape index (κ3) is 7.92. The second-order valence-electron chi connectivity index (χ2n) is 10.3. The molecular formula is C33H38N2O2S. The lowest BCUT2D eigenvalue weighted by atomic mass is 9.95. The fraction of sp³-hybridized carbons (Fsp3) is 0.333. The summed E-state index contributed by atoms with van der Waals surface area (Å²) in [5.74, 6) is 0.254. The number of thioether (sulfide) groups is 1. The molecule has 1 aliphatic rings. The zero-order valence-corrected chi connectivity index (χ0v) is 23.1. The topological polar surface area (TPSA) is 49.4 Å². The predicted molar refractivity (Wildman–Crippen MR) is 159 cm³/mol. The minimum Gasteiger partial charge on any atom is -0.348 e. The van der Waals surface area contributed by atoms with E-state index in [0.29, 0.717) is 17.0 Å². The zero-order valence-electron chi connectivity index (χ0n) is 22.3. The molecule has 4 rings (SSSR count). The molecule has 4 nitrogen and oxygen atoms in total. The first-order valence-corrected chi connectivity index (χ1v) is 14.5. The Balaban J connectivity index is 1.71. The first-order valence-electron chi connectivity index (χ1n) is 13.6. The number of nitrogens with zero attached hydrogens (tertiary/aromatic N) is 1. The predicted octanol–water partition coefficient (Wildman–Crippen LogP) is 6.95. The van der Waals surface area contributed by atoms with Crippen LogP contribution in [0.1, 0.15) is 59.4 Å². The molecule has 198 valence electrons. The smallest absolute Gasteiger partial charge is 0.251 e. The number of carbonyl (C=O) groups excluding carboxylic acids is 2. The van der Waals surface area contributed by atoms with E-state index in [0.717, 1.165) is 37.9 Å². The molecule has 0 spiro atoms. The van der Waals surface area contributed by atoms with Crippen molar-refractivity contribution in [2.45, 2.75) is 50.4 Å². The maximum Gasteiger partial charge on any atom is 0.251 e. The summed E-state index contributed by atoms with van der Waals surface area (Å²) in [4.78, 5) is 29.5. The van der Waals surface area contributed by atoms with E-state index in [2.05, 4.69) is 48.3 Å². The van der Waals surface area contributed by atoms with Gasteiger partial charge in [-0.2, -0.15) is 0 Å². The van der Waals surface area contributed by atoms with Crippen LogP contribution in [-0.4, -0.2) is 46.3 Å². The van der Waals surface area contributed by atoms with Crippen molar-refractivity contribution in [3.63, 3.8) is 0 Å². The van der Waals surface area contributed by atoms with Gasteiger partial charge in [0.25, 0.3) is 5.91 Å². The molecule has 0 unspecified atom stereocenters. The van der Waals surface area contributed by atoms with Gasteiger partial charge in [-0.25, -0.2) is 0 Å². The molecule has 0 aromatic heterocycles. The number of rotatable bonds is 11. The monoisotopic (exact) mass is 526 g/mol. The van der Waals surface area contributed by atoms with E-state index in [-0.39, 0.29) is 28.4 Å². The molecule has 0 radical (unpaired) electrons. The second kappa shape index (κ2) is 14.1. The number of carbonyl (C=O) groups is 2. The van der Waals surface area contributed by atoms with E-state index in [1.165, 1.54) is 11.8 Å². The molecule has 0 saturated carbocycles. The SMILES string of the molecule is CC(C)C[C@H](NC(=O)c1ccccc1)[C@@H](SC(=O)c1ccccc1)[C@@H](/C=C/c1ccccc1)N1CCCC1. The van der Waals surface area contributed by atoms with Crippen molar-refractivity contribution in [3.05, 3.63) is 114 Å². The molecule has 1 N–H and O–H groups in total. The Hall–Kier alpha value is -3.15. The number of nitrogens with one attached hydrogen (secondary N) is 1. The average molecular weight is 527 g/mol. The van der Waals surface area contributed by atoms with Crippen molar-refractivity contribution in [1.82, 2.24) is 10.2 Å². The van der Waals surface area contributed by atoms with Gasteiger partial charge in [-0.1, -0.05) is 117 Å². The largest absolute Gasteiger partial charge is 0.348 e. The van der Waals surface area contributed by atoms with Gasteiger partial charge < -0.3 is 5.32 Å². The number of amides is 1. The van der Waals surface area contributed by atoms with E-state index < -0.39 is 0 Å². The van der Waals surface area contributed by atoms with Crippen LogP contribution in [0, 0.1) is 5.92 Å². The summed E-state index contributed by atoms with van der Waals surface area (Å²) < 4.78 is 0. The minimum atomic E-state index is -0.189. The maximum absolute atomic E-state index is 13.6. The Morgan fingerprint density at radius 1 is 0.842 bits per heavy atom. The fourth-order valence-corrected chi connectivity index (χ4v) is 6.30. The van der Waals surface area contributed by atoms with Crippen molar-refractivity contribution in [1.29, 1.82) is 0 Å². The Bertz CT molecular complexity index is 1180. The lowest BCUT2D eigenvalue weighted by molar-refractivity contribution is 0.0923. The molecular weight excluding hydrogens is 488 g/mol. The Kier molecular flexibility index (Phi) is 10.4. The van der Waals surface area contributed by atoms with Gasteiger partial charge in [0.15, 0.2) is 0 Å². The third-order valence-electron chi connectivity index (χ3n) is 6.91. The quantitative estimate of drug-likeness (QED) is 0.294. The highest BCUT2D eigenvalue weighted by molar-refractivity contribution is 8.14. The number of hydrogen-bond donors (Lipinski definition) is 1. The van der Waals surface area contributed by atoms with Crippen LogP contribution >= 0.6 is 11.8 Å². The number of benzene rings is 3. The first-order chi connectivity index (χ1) is 18.5. The normalized spacial score (nSPS) is 16.4. The summed E-state index contributed by atoms with van der Waals surface area (Å²) in [5, 5.41) is 3.23. The molecule has 3 aromatic carbocycles. The highest BCUT2D eigenvalue weighted by Crippen LogP contribution is 2.32. The Morgan fingerprint density at radius 3 is 1.97 bits per heavy atom. The lowest BCUT2D eigenvalue weighted by Gasteiger charge is -2.37. The molecule has 0 aliphatic carbocycles. The van der Waals surface area contributed by atoms with Crippen LogP contribution in [0.2, 0.25) is 0 Å². The Labute approximate surface area is 231 Å². The van der Waals surface area contributed by atoms with Gasteiger partial charge in [0.1, 0.15) is 0 Å². The van der Waals surface area contributed by atoms with Crippen LogP contribution in [0.25, 0.3) is 6.08 Å². The summed E-state index contributed by atoms with van der Waals surface area (Å²) in [7, 11) is 0. The summed E-state index contributed by atoms with van der Waals surface area (Å²) in [6, 6.07) is 28.9. The van der Waals surface area contributed by atoms with Crippen LogP contribution in [0.4, 0.5) is 0 Å². The zero-order chi connectivity index (χ0) is 26.7. The van der Waals surface area contributed by atoms with Gasteiger partial charge >= 0.3 is 0 Å². The van der Waals surface area contributed by atoms with Crippen LogP contribution in [-0.2, 0) is 0 Å². The van der Waals surface area contributed by atoms with E-state index >= 15 is 0 Å². The molecule has 1 fully saturated rings. The van der Waals surface area contributed by atoms with Crippen molar-refractivity contribution >= 4 is 28.9 Å². The first kappa shape index (κ1) is 27.9. The lowest BCUT2D eigenvalue weighted by Crippen LogP contribution is -2.52. The van der Waals surface area contributed by atoms with Gasteiger partial charge in [-0.3, -0.25) is 14.5 Å². The molecule has 3 aromatic rings. The molecule has 1 amide bonds. The van der Waals surface area contributed by atoms with Crippen molar-refractivity contribution in [2.24, 2.45) is 5.92 Å². The molecule has 0 bridgehead atoms. The Morgan fingerprint density at radius 2 is 1.39 bits per heavy atom. The maximum atomic E-state index is 13.6.